The maximum Gasteiger partial charge on any atom is 0.247 e. The summed E-state index contributed by atoms with van der Waals surface area (Å²) in [6.07, 6.45) is 10.8. The van der Waals surface area contributed by atoms with E-state index in [4.69, 9.17) is 5.14 Å². The Balaban J connectivity index is 0.000000178. The quantitative estimate of drug-likeness (QED) is 0.563. The molecule has 8 nitrogen and oxygen atoms in total. The molecule has 1 aromatic heterocycles. The highest BCUT2D eigenvalue weighted by Crippen LogP contribution is 2.69. The molecular formula is C26H40N4O4S3. The standard InChI is InChI=1S/C16H27N3O2.C10H11NO2S3.H2/c20-15-7-1-2-10-18(15)13-16(21)19-11-5-6-14(19)12-17-8-3-4-9-17;1-6-2-7-4-10(7,15-6)8-3-9(14-5-8)16(11,12)13;/h14H,1-13H2;2-3,5,7H,4H2,1H3,(H2,11,12,13);1H/t14-;;/m0../s1. The van der Waals surface area contributed by atoms with Crippen LogP contribution in [0.4, 0.5) is 0 Å². The largest absolute Gasteiger partial charge is 0.337 e. The van der Waals surface area contributed by atoms with Crippen molar-refractivity contribution in [2.24, 2.45) is 11.1 Å². The molecule has 2 amide bonds. The van der Waals surface area contributed by atoms with Crippen molar-refractivity contribution in [1.82, 2.24) is 14.7 Å². The summed E-state index contributed by atoms with van der Waals surface area (Å²) in [7, 11) is -3.54. The number of primary sulfonamides is 1. The predicted octanol–water partition coefficient (Wildman–Crippen LogP) is 3.59. The van der Waals surface area contributed by atoms with Crippen LogP contribution in [0.15, 0.2) is 26.6 Å². The van der Waals surface area contributed by atoms with Crippen LogP contribution in [0.2, 0.25) is 0 Å². The number of carbonyl (C=O) groups excluding carboxylic acids is 2. The van der Waals surface area contributed by atoms with Crippen molar-refractivity contribution in [1.29, 1.82) is 0 Å². The molecule has 0 aromatic carbocycles. The Bertz CT molecular complexity index is 1170. The lowest BCUT2D eigenvalue weighted by molar-refractivity contribution is -0.142. The minimum Gasteiger partial charge on any atom is -0.337 e. The molecule has 5 heterocycles. The van der Waals surface area contributed by atoms with Crippen molar-refractivity contribution in [3.63, 3.8) is 0 Å². The van der Waals surface area contributed by atoms with E-state index >= 15 is 0 Å². The number of hydrogen-bond acceptors (Lipinski definition) is 7. The average molecular weight is 569 g/mol. The zero-order valence-corrected chi connectivity index (χ0v) is 24.0. The van der Waals surface area contributed by atoms with E-state index in [0.29, 0.717) is 24.9 Å². The topological polar surface area (TPSA) is 104 Å². The Morgan fingerprint density at radius 1 is 1.16 bits per heavy atom. The Kier molecular flexibility index (Phi) is 8.08. The Hall–Kier alpha value is -1.40. The molecule has 1 aromatic rings. The average Bonchev–Trinajstić information content (AvgIpc) is 3.45. The van der Waals surface area contributed by atoms with Gasteiger partial charge in [0.15, 0.2) is 0 Å². The second-order valence-electron chi connectivity index (χ2n) is 10.9. The number of carbonyl (C=O) groups is 2. The molecule has 5 aliphatic rings. The SMILES string of the molecule is CC1=CC2CC2(c2csc(S(N)(=O)=O)c2)S1.O=C1CCCCN1CC(=O)N1CCC[C@H]1CN1CCCC1.[HH]. The normalized spacial score (nSPS) is 29.7. The van der Waals surface area contributed by atoms with Gasteiger partial charge in [0.25, 0.3) is 0 Å². The van der Waals surface area contributed by atoms with E-state index in [9.17, 15) is 18.0 Å². The molecule has 206 valence electrons. The molecule has 1 saturated carbocycles. The van der Waals surface area contributed by atoms with Crippen molar-refractivity contribution >= 4 is 44.9 Å². The van der Waals surface area contributed by atoms with Crippen molar-refractivity contribution in [3.05, 3.63) is 28.0 Å². The summed E-state index contributed by atoms with van der Waals surface area (Å²) in [6, 6.07) is 2.11. The van der Waals surface area contributed by atoms with Gasteiger partial charge in [-0.3, -0.25) is 9.59 Å². The fraction of sp³-hybridized carbons (Fsp3) is 0.692. The molecule has 2 N–H and O–H groups in total. The number of thioether (sulfide) groups is 1. The molecule has 37 heavy (non-hydrogen) atoms. The van der Waals surface area contributed by atoms with Crippen LogP contribution in [0.1, 0.15) is 65.3 Å². The third-order valence-corrected chi connectivity index (χ3v) is 12.1. The van der Waals surface area contributed by atoms with Crippen LogP contribution in [0.25, 0.3) is 0 Å². The number of piperidine rings is 1. The first-order valence-corrected chi connectivity index (χ1v) is 16.7. The number of nitrogens with zero attached hydrogens (tertiary/aromatic N) is 3. The minimum absolute atomic E-state index is 0. The number of likely N-dealkylation sites (tertiary alicyclic amines) is 3. The van der Waals surface area contributed by atoms with E-state index in [1.165, 1.54) is 42.2 Å². The first-order chi connectivity index (χ1) is 17.7. The first-order valence-electron chi connectivity index (χ1n) is 13.4. The van der Waals surface area contributed by atoms with Crippen molar-refractivity contribution in [2.75, 3.05) is 39.3 Å². The van der Waals surface area contributed by atoms with E-state index in [1.807, 2.05) is 22.0 Å². The summed E-state index contributed by atoms with van der Waals surface area (Å²) in [4.78, 5) is 32.0. The first kappa shape index (κ1) is 27.2. The number of thiophene rings is 1. The van der Waals surface area contributed by atoms with Gasteiger partial charge >= 0.3 is 0 Å². The predicted molar refractivity (Wildman–Crippen MR) is 150 cm³/mol. The molecule has 3 atom stereocenters. The second-order valence-corrected chi connectivity index (χ2v) is 15.2. The highest BCUT2D eigenvalue weighted by atomic mass is 32.2. The van der Waals surface area contributed by atoms with Crippen LogP contribution in [-0.4, -0.2) is 80.2 Å². The smallest absolute Gasteiger partial charge is 0.247 e. The number of sulfonamides is 1. The van der Waals surface area contributed by atoms with Gasteiger partial charge < -0.3 is 14.7 Å². The molecule has 6 rings (SSSR count). The van der Waals surface area contributed by atoms with Crippen molar-refractivity contribution < 1.29 is 19.4 Å². The Morgan fingerprint density at radius 2 is 1.92 bits per heavy atom. The van der Waals surface area contributed by atoms with Gasteiger partial charge in [-0.2, -0.15) is 0 Å². The van der Waals surface area contributed by atoms with Crippen LogP contribution >= 0.6 is 23.1 Å². The fourth-order valence-corrected chi connectivity index (χ4v) is 9.45. The molecule has 3 saturated heterocycles. The van der Waals surface area contributed by atoms with Gasteiger partial charge in [0.2, 0.25) is 21.8 Å². The molecular weight excluding hydrogens is 529 g/mol. The highest BCUT2D eigenvalue weighted by molar-refractivity contribution is 8.04. The molecule has 1 aliphatic carbocycles. The molecule has 11 heteroatoms. The van der Waals surface area contributed by atoms with Crippen LogP contribution in [0.5, 0.6) is 0 Å². The fourth-order valence-electron chi connectivity index (χ4n) is 6.16. The number of hydrogen-bond donors (Lipinski definition) is 1. The number of nitrogens with two attached hydrogens (primary N) is 1. The zero-order valence-electron chi connectivity index (χ0n) is 21.6. The summed E-state index contributed by atoms with van der Waals surface area (Å²) in [5, 5.41) is 7.05. The maximum absolute atomic E-state index is 12.6. The molecule has 0 bridgehead atoms. The van der Waals surface area contributed by atoms with E-state index in [2.05, 4.69) is 17.9 Å². The number of fused-ring (bicyclic) bond motifs is 1. The van der Waals surface area contributed by atoms with E-state index in [0.717, 1.165) is 57.3 Å². The summed E-state index contributed by atoms with van der Waals surface area (Å²) in [6.45, 7) is 7.43. The highest BCUT2D eigenvalue weighted by Gasteiger charge is 2.58. The zero-order chi connectivity index (χ0) is 26.2. The summed E-state index contributed by atoms with van der Waals surface area (Å²) in [5.41, 5.74) is 1.12. The third kappa shape index (κ3) is 6.11. The number of rotatable bonds is 6. The third-order valence-electron chi connectivity index (χ3n) is 8.20. The minimum atomic E-state index is -3.54. The summed E-state index contributed by atoms with van der Waals surface area (Å²) in [5.74, 6) is 0.900. The molecule has 0 spiro atoms. The Morgan fingerprint density at radius 3 is 2.57 bits per heavy atom. The molecule has 2 unspecified atom stereocenters. The molecule has 0 radical (unpaired) electrons. The lowest BCUT2D eigenvalue weighted by Crippen LogP contribution is -2.48. The van der Waals surface area contributed by atoms with Crippen LogP contribution in [0, 0.1) is 5.92 Å². The van der Waals surface area contributed by atoms with Gasteiger partial charge in [-0.05, 0) is 92.8 Å². The van der Waals surface area contributed by atoms with Gasteiger partial charge in [-0.25, -0.2) is 13.6 Å². The molecule has 4 fully saturated rings. The van der Waals surface area contributed by atoms with Crippen LogP contribution in [0.3, 0.4) is 0 Å². The van der Waals surface area contributed by atoms with Gasteiger partial charge in [0.1, 0.15) is 4.21 Å². The number of allylic oxidation sites excluding steroid dienone is 2. The van der Waals surface area contributed by atoms with Crippen molar-refractivity contribution in [3.8, 4) is 0 Å². The monoisotopic (exact) mass is 568 g/mol. The van der Waals surface area contributed by atoms with E-state index in [-0.39, 0.29) is 22.2 Å². The summed E-state index contributed by atoms with van der Waals surface area (Å²) >= 11 is 3.07. The molecule has 4 aliphatic heterocycles. The van der Waals surface area contributed by atoms with Gasteiger partial charge in [0.05, 0.1) is 11.3 Å². The lowest BCUT2D eigenvalue weighted by Gasteiger charge is -2.32. The summed E-state index contributed by atoms with van der Waals surface area (Å²) < 4.78 is 22.8. The Labute approximate surface area is 230 Å². The van der Waals surface area contributed by atoms with E-state index < -0.39 is 10.0 Å². The second kappa shape index (κ2) is 11.0. The van der Waals surface area contributed by atoms with Crippen LogP contribution in [-0.2, 0) is 24.4 Å². The van der Waals surface area contributed by atoms with Gasteiger partial charge in [-0.1, -0.05) is 6.08 Å². The lowest BCUT2D eigenvalue weighted by atomic mass is 10.1. The van der Waals surface area contributed by atoms with E-state index in [1.54, 1.807) is 11.0 Å². The van der Waals surface area contributed by atoms with Gasteiger partial charge in [-0.15, -0.1) is 23.1 Å². The van der Waals surface area contributed by atoms with Gasteiger partial charge in [0, 0.05) is 33.5 Å². The number of amides is 2. The maximum atomic E-state index is 12.6. The van der Waals surface area contributed by atoms with Crippen LogP contribution < -0.4 is 5.14 Å². The van der Waals surface area contributed by atoms with Crippen molar-refractivity contribution in [2.45, 2.75) is 73.3 Å².